The second-order valence-electron chi connectivity index (χ2n) is 5.48. The number of piperidine rings is 1. The van der Waals surface area contributed by atoms with Crippen molar-refractivity contribution in [2.24, 2.45) is 5.92 Å². The topological polar surface area (TPSA) is 33.2 Å². The Hall–Kier alpha value is -1.38. The fourth-order valence-corrected chi connectivity index (χ4v) is 3.63. The van der Waals surface area contributed by atoms with Crippen LogP contribution < -0.4 is 4.90 Å². The number of rotatable bonds is 2. The van der Waals surface area contributed by atoms with Gasteiger partial charge in [0.15, 0.2) is 6.29 Å². The van der Waals surface area contributed by atoms with Crippen LogP contribution >= 0.6 is 0 Å². The largest absolute Gasteiger partial charge is 0.353 e. The molecule has 1 aromatic rings. The first-order valence-corrected chi connectivity index (χ1v) is 7.07. The van der Waals surface area contributed by atoms with E-state index in [1.807, 2.05) is 12.1 Å². The van der Waals surface area contributed by atoms with Crippen LogP contribution in [0.3, 0.4) is 0 Å². The molecule has 1 aliphatic heterocycles. The summed E-state index contributed by atoms with van der Waals surface area (Å²) >= 11 is 0. The Kier molecular flexibility index (Phi) is 3.31. The minimum atomic E-state index is 0.612. The fraction of sp³-hybridized carbons (Fsp3) is 0.600. The standard InChI is InChI=1S/C15H20N2O/c18-11-13-6-3-9-16-15(13)17-10-4-7-12-5-1-2-8-14(12)17/h3,6,9,11-12,14H,1-2,4-5,7-8,10H2. The summed E-state index contributed by atoms with van der Waals surface area (Å²) in [6.45, 7) is 1.05. The van der Waals surface area contributed by atoms with E-state index >= 15 is 0 Å². The van der Waals surface area contributed by atoms with Crippen LogP contribution in [0.2, 0.25) is 0 Å². The van der Waals surface area contributed by atoms with Crippen molar-refractivity contribution in [1.82, 2.24) is 4.98 Å². The lowest BCUT2D eigenvalue weighted by molar-refractivity contribution is 0.112. The number of carbonyl (C=O) groups excluding carboxylic acids is 1. The number of carbonyl (C=O) groups is 1. The van der Waals surface area contributed by atoms with Gasteiger partial charge in [-0.15, -0.1) is 0 Å². The highest BCUT2D eigenvalue weighted by Gasteiger charge is 2.34. The van der Waals surface area contributed by atoms with Crippen molar-refractivity contribution in [3.05, 3.63) is 23.9 Å². The normalized spacial score (nSPS) is 27.7. The molecule has 0 spiro atoms. The molecular weight excluding hydrogens is 224 g/mol. The summed E-state index contributed by atoms with van der Waals surface area (Å²) < 4.78 is 0. The molecule has 0 radical (unpaired) electrons. The van der Waals surface area contributed by atoms with Crippen molar-refractivity contribution in [2.45, 2.75) is 44.6 Å². The molecule has 2 aliphatic rings. The predicted molar refractivity (Wildman–Crippen MR) is 72.0 cm³/mol. The highest BCUT2D eigenvalue weighted by molar-refractivity contribution is 5.82. The Labute approximate surface area is 108 Å². The van der Waals surface area contributed by atoms with Crippen molar-refractivity contribution in [1.29, 1.82) is 0 Å². The van der Waals surface area contributed by atoms with Crippen LogP contribution in [0.15, 0.2) is 18.3 Å². The van der Waals surface area contributed by atoms with Gasteiger partial charge in [-0.05, 0) is 43.7 Å². The van der Waals surface area contributed by atoms with Crippen LogP contribution in [-0.2, 0) is 0 Å². The van der Waals surface area contributed by atoms with Gasteiger partial charge in [-0.25, -0.2) is 4.98 Å². The molecule has 2 unspecified atom stereocenters. The van der Waals surface area contributed by atoms with Crippen LogP contribution in [0, 0.1) is 5.92 Å². The molecular formula is C15H20N2O. The van der Waals surface area contributed by atoms with Crippen molar-refractivity contribution in [2.75, 3.05) is 11.4 Å². The third-order valence-corrected chi connectivity index (χ3v) is 4.46. The molecule has 0 aromatic carbocycles. The second-order valence-corrected chi connectivity index (χ2v) is 5.48. The van der Waals surface area contributed by atoms with Crippen molar-refractivity contribution >= 4 is 12.1 Å². The second kappa shape index (κ2) is 5.09. The number of fused-ring (bicyclic) bond motifs is 1. The Morgan fingerprint density at radius 3 is 2.94 bits per heavy atom. The highest BCUT2D eigenvalue weighted by Crippen LogP contribution is 2.37. The summed E-state index contributed by atoms with van der Waals surface area (Å²) in [7, 11) is 0. The van der Waals surface area contributed by atoms with Crippen LogP contribution in [0.25, 0.3) is 0 Å². The monoisotopic (exact) mass is 244 g/mol. The summed E-state index contributed by atoms with van der Waals surface area (Å²) in [6.07, 6.45) is 10.6. The molecule has 0 amide bonds. The van der Waals surface area contributed by atoms with E-state index in [4.69, 9.17) is 0 Å². The van der Waals surface area contributed by atoms with E-state index in [9.17, 15) is 4.79 Å². The summed E-state index contributed by atoms with van der Waals surface area (Å²) in [5.74, 6) is 1.72. The van der Waals surface area contributed by atoms with Gasteiger partial charge in [0, 0.05) is 18.8 Å². The van der Waals surface area contributed by atoms with Gasteiger partial charge >= 0.3 is 0 Å². The van der Waals surface area contributed by atoms with Gasteiger partial charge in [0.1, 0.15) is 5.82 Å². The lowest BCUT2D eigenvalue weighted by Crippen LogP contribution is -2.47. The Morgan fingerprint density at radius 1 is 1.22 bits per heavy atom. The first-order valence-electron chi connectivity index (χ1n) is 7.07. The molecule has 18 heavy (non-hydrogen) atoms. The first kappa shape index (κ1) is 11.7. The van der Waals surface area contributed by atoms with E-state index in [0.717, 1.165) is 30.1 Å². The number of nitrogens with zero attached hydrogens (tertiary/aromatic N) is 2. The maximum atomic E-state index is 11.2. The van der Waals surface area contributed by atoms with E-state index in [0.29, 0.717) is 6.04 Å². The third kappa shape index (κ3) is 2.02. The quantitative estimate of drug-likeness (QED) is 0.750. The van der Waals surface area contributed by atoms with E-state index in [2.05, 4.69) is 9.88 Å². The number of anilines is 1. The van der Waals surface area contributed by atoms with Gasteiger partial charge in [0.05, 0.1) is 5.56 Å². The highest BCUT2D eigenvalue weighted by atomic mass is 16.1. The van der Waals surface area contributed by atoms with Crippen LogP contribution in [0.5, 0.6) is 0 Å². The smallest absolute Gasteiger partial charge is 0.153 e. The lowest BCUT2D eigenvalue weighted by atomic mass is 9.78. The Balaban J connectivity index is 1.91. The molecule has 0 bridgehead atoms. The number of pyridine rings is 1. The number of hydrogen-bond donors (Lipinski definition) is 0. The van der Waals surface area contributed by atoms with Crippen molar-refractivity contribution in [3.63, 3.8) is 0 Å². The van der Waals surface area contributed by atoms with Gasteiger partial charge in [-0.1, -0.05) is 12.8 Å². The average molecular weight is 244 g/mol. The van der Waals surface area contributed by atoms with Gasteiger partial charge in [-0.3, -0.25) is 4.79 Å². The molecule has 0 N–H and O–H groups in total. The molecule has 1 saturated carbocycles. The van der Waals surface area contributed by atoms with Gasteiger partial charge < -0.3 is 4.90 Å². The van der Waals surface area contributed by atoms with Crippen LogP contribution in [-0.4, -0.2) is 23.9 Å². The van der Waals surface area contributed by atoms with Crippen molar-refractivity contribution in [3.8, 4) is 0 Å². The number of aldehydes is 1. The summed E-state index contributed by atoms with van der Waals surface area (Å²) in [5, 5.41) is 0. The number of hydrogen-bond acceptors (Lipinski definition) is 3. The summed E-state index contributed by atoms with van der Waals surface area (Å²) in [6, 6.07) is 4.33. The molecule has 3 nitrogen and oxygen atoms in total. The van der Waals surface area contributed by atoms with Crippen LogP contribution in [0.1, 0.15) is 48.9 Å². The molecule has 1 saturated heterocycles. The molecule has 2 fully saturated rings. The number of aromatic nitrogens is 1. The SMILES string of the molecule is O=Cc1cccnc1N1CCCC2CCCCC21. The Morgan fingerprint density at radius 2 is 2.06 bits per heavy atom. The van der Waals surface area contributed by atoms with Gasteiger partial charge in [-0.2, -0.15) is 0 Å². The maximum absolute atomic E-state index is 11.2. The van der Waals surface area contributed by atoms with Gasteiger partial charge in [0.2, 0.25) is 0 Å². The molecule has 1 aromatic heterocycles. The first-order chi connectivity index (χ1) is 8.90. The molecule has 96 valence electrons. The summed E-state index contributed by atoms with van der Waals surface area (Å²) in [4.78, 5) is 18.0. The van der Waals surface area contributed by atoms with Gasteiger partial charge in [0.25, 0.3) is 0 Å². The van der Waals surface area contributed by atoms with Crippen LogP contribution in [0.4, 0.5) is 5.82 Å². The van der Waals surface area contributed by atoms with E-state index < -0.39 is 0 Å². The average Bonchev–Trinajstić information content (AvgIpc) is 2.46. The zero-order chi connectivity index (χ0) is 12.4. The molecule has 3 heteroatoms. The zero-order valence-electron chi connectivity index (χ0n) is 10.7. The minimum Gasteiger partial charge on any atom is -0.353 e. The van der Waals surface area contributed by atoms with E-state index in [1.165, 1.54) is 38.5 Å². The molecule has 2 atom stereocenters. The zero-order valence-corrected chi connectivity index (χ0v) is 10.7. The fourth-order valence-electron chi connectivity index (χ4n) is 3.63. The lowest BCUT2D eigenvalue weighted by Gasteiger charge is -2.45. The molecule has 3 rings (SSSR count). The Bertz CT molecular complexity index is 430. The van der Waals surface area contributed by atoms with Crippen molar-refractivity contribution < 1.29 is 4.79 Å². The van der Waals surface area contributed by atoms with E-state index in [-0.39, 0.29) is 0 Å². The summed E-state index contributed by atoms with van der Waals surface area (Å²) in [5.41, 5.74) is 0.740. The third-order valence-electron chi connectivity index (χ3n) is 4.46. The minimum absolute atomic E-state index is 0.612. The predicted octanol–water partition coefficient (Wildman–Crippen LogP) is 3.05. The van der Waals surface area contributed by atoms with E-state index in [1.54, 1.807) is 6.20 Å². The molecule has 2 heterocycles. The maximum Gasteiger partial charge on any atom is 0.153 e. The molecule has 1 aliphatic carbocycles.